The van der Waals surface area contributed by atoms with E-state index in [9.17, 15) is 4.79 Å². The summed E-state index contributed by atoms with van der Waals surface area (Å²) in [5.41, 5.74) is 0.606. The van der Waals surface area contributed by atoms with Crippen LogP contribution in [0.1, 0.15) is 37.0 Å². The largest absolute Gasteiger partial charge is 0.349 e. The molecule has 1 fully saturated rings. The van der Waals surface area contributed by atoms with Crippen LogP contribution in [0.15, 0.2) is 22.7 Å². The minimum absolute atomic E-state index is 0.0460. The summed E-state index contributed by atoms with van der Waals surface area (Å²) in [7, 11) is 0. The van der Waals surface area contributed by atoms with Gasteiger partial charge in [0.2, 0.25) is 0 Å². The maximum Gasteiger partial charge on any atom is 0.252 e. The van der Waals surface area contributed by atoms with Gasteiger partial charge >= 0.3 is 0 Å². The van der Waals surface area contributed by atoms with Crippen molar-refractivity contribution in [2.45, 2.75) is 32.7 Å². The lowest BCUT2D eigenvalue weighted by atomic mass is 9.97. The first kappa shape index (κ1) is 13.9. The number of benzene rings is 1. The maximum atomic E-state index is 12.2. The molecule has 0 bridgehead atoms. The van der Waals surface area contributed by atoms with Crippen LogP contribution >= 0.6 is 27.5 Å². The van der Waals surface area contributed by atoms with Gasteiger partial charge in [-0.3, -0.25) is 4.79 Å². The Morgan fingerprint density at radius 3 is 2.72 bits per heavy atom. The topological polar surface area (TPSA) is 29.1 Å². The number of nitrogens with one attached hydrogen (secondary N) is 1. The Kier molecular flexibility index (Phi) is 4.33. The summed E-state index contributed by atoms with van der Waals surface area (Å²) in [6, 6.07) is 5.54. The van der Waals surface area contributed by atoms with Crippen molar-refractivity contribution in [1.29, 1.82) is 0 Å². The molecule has 18 heavy (non-hydrogen) atoms. The molecule has 1 aliphatic carbocycles. The Balaban J connectivity index is 2.10. The third-order valence-electron chi connectivity index (χ3n) is 3.95. The van der Waals surface area contributed by atoms with Gasteiger partial charge in [-0.05, 0) is 58.8 Å². The molecular formula is C14H17BrClNO. The monoisotopic (exact) mass is 329 g/mol. The first-order valence-electron chi connectivity index (χ1n) is 6.25. The van der Waals surface area contributed by atoms with Crippen LogP contribution in [0, 0.1) is 11.8 Å². The van der Waals surface area contributed by atoms with Gasteiger partial charge in [-0.2, -0.15) is 0 Å². The normalized spacial score (nSPS) is 27.2. The van der Waals surface area contributed by atoms with Crippen LogP contribution < -0.4 is 5.32 Å². The summed E-state index contributed by atoms with van der Waals surface area (Å²) in [6.45, 7) is 4.45. The average molecular weight is 331 g/mol. The van der Waals surface area contributed by atoms with E-state index in [4.69, 9.17) is 11.6 Å². The molecule has 0 saturated heterocycles. The highest BCUT2D eigenvalue weighted by molar-refractivity contribution is 9.10. The highest BCUT2D eigenvalue weighted by atomic mass is 79.9. The van der Waals surface area contributed by atoms with E-state index in [1.165, 1.54) is 6.42 Å². The molecule has 3 atom stereocenters. The number of halogens is 2. The summed E-state index contributed by atoms with van der Waals surface area (Å²) >= 11 is 9.32. The fourth-order valence-electron chi connectivity index (χ4n) is 2.49. The van der Waals surface area contributed by atoms with Crippen LogP contribution in [0.25, 0.3) is 0 Å². The molecule has 0 aliphatic heterocycles. The first-order chi connectivity index (χ1) is 8.49. The van der Waals surface area contributed by atoms with Gasteiger partial charge in [0.05, 0.1) is 5.56 Å². The molecular weight excluding hydrogens is 314 g/mol. The van der Waals surface area contributed by atoms with Crippen molar-refractivity contribution in [3.05, 3.63) is 33.3 Å². The van der Waals surface area contributed by atoms with Crippen LogP contribution in [0.2, 0.25) is 5.02 Å². The van der Waals surface area contributed by atoms with Gasteiger partial charge in [0, 0.05) is 15.5 Å². The summed E-state index contributed by atoms with van der Waals surface area (Å²) in [4.78, 5) is 12.2. The molecule has 2 nitrogen and oxygen atoms in total. The van der Waals surface area contributed by atoms with Crippen molar-refractivity contribution in [2.24, 2.45) is 11.8 Å². The second-order valence-electron chi connectivity index (χ2n) is 5.12. The Labute approximate surface area is 121 Å². The third kappa shape index (κ3) is 2.89. The molecule has 1 aromatic carbocycles. The number of hydrogen-bond acceptors (Lipinski definition) is 1. The van der Waals surface area contributed by atoms with Gasteiger partial charge in [0.1, 0.15) is 0 Å². The summed E-state index contributed by atoms with van der Waals surface area (Å²) in [5.74, 6) is 1.17. The van der Waals surface area contributed by atoms with Gasteiger partial charge in [-0.1, -0.05) is 25.4 Å². The molecule has 1 aliphatic rings. The minimum atomic E-state index is -0.0460. The third-order valence-corrected chi connectivity index (χ3v) is 4.88. The quantitative estimate of drug-likeness (QED) is 0.862. The van der Waals surface area contributed by atoms with E-state index < -0.39 is 0 Å². The van der Waals surface area contributed by atoms with Gasteiger partial charge in [-0.25, -0.2) is 0 Å². The zero-order valence-corrected chi connectivity index (χ0v) is 12.9. The van der Waals surface area contributed by atoms with Crippen molar-refractivity contribution >= 4 is 33.4 Å². The van der Waals surface area contributed by atoms with Crippen molar-refractivity contribution in [2.75, 3.05) is 0 Å². The van der Waals surface area contributed by atoms with E-state index in [2.05, 4.69) is 35.1 Å². The SMILES string of the molecule is CC1CCC(NC(=O)c2cc(Cl)ccc2Br)C1C. The lowest BCUT2D eigenvalue weighted by molar-refractivity contribution is 0.0926. The van der Waals surface area contributed by atoms with Crippen molar-refractivity contribution in [3.63, 3.8) is 0 Å². The molecule has 2 rings (SSSR count). The molecule has 1 N–H and O–H groups in total. The fourth-order valence-corrected chi connectivity index (χ4v) is 3.08. The lowest BCUT2D eigenvalue weighted by Gasteiger charge is -2.20. The van der Waals surface area contributed by atoms with E-state index in [-0.39, 0.29) is 11.9 Å². The number of carbonyl (C=O) groups excluding carboxylic acids is 1. The predicted octanol–water partition coefficient (Wildman–Crippen LogP) is 4.27. The molecule has 1 amide bonds. The summed E-state index contributed by atoms with van der Waals surface area (Å²) in [5, 5.41) is 3.70. The summed E-state index contributed by atoms with van der Waals surface area (Å²) in [6.07, 6.45) is 2.25. The fraction of sp³-hybridized carbons (Fsp3) is 0.500. The molecule has 4 heteroatoms. The Bertz CT molecular complexity index is 463. The highest BCUT2D eigenvalue weighted by Crippen LogP contribution is 2.31. The average Bonchev–Trinajstić information content (AvgIpc) is 2.64. The molecule has 1 saturated carbocycles. The molecule has 3 unspecified atom stereocenters. The van der Waals surface area contributed by atoms with Crippen LogP contribution in [0.4, 0.5) is 0 Å². The Hall–Kier alpha value is -0.540. The Morgan fingerprint density at radius 2 is 2.11 bits per heavy atom. The number of rotatable bonds is 2. The van der Waals surface area contributed by atoms with Gasteiger partial charge in [0.15, 0.2) is 0 Å². The second kappa shape index (κ2) is 5.62. The zero-order valence-electron chi connectivity index (χ0n) is 10.5. The van der Waals surface area contributed by atoms with E-state index in [0.29, 0.717) is 22.4 Å². The summed E-state index contributed by atoms with van der Waals surface area (Å²) < 4.78 is 0.781. The lowest BCUT2D eigenvalue weighted by Crippen LogP contribution is -2.37. The van der Waals surface area contributed by atoms with Crippen molar-refractivity contribution in [1.82, 2.24) is 5.32 Å². The van der Waals surface area contributed by atoms with Crippen molar-refractivity contribution < 1.29 is 4.79 Å². The van der Waals surface area contributed by atoms with Crippen LogP contribution in [-0.2, 0) is 0 Å². The molecule has 0 aromatic heterocycles. The van der Waals surface area contributed by atoms with Crippen LogP contribution in [-0.4, -0.2) is 11.9 Å². The minimum Gasteiger partial charge on any atom is -0.349 e. The zero-order chi connectivity index (χ0) is 13.3. The van der Waals surface area contributed by atoms with Gasteiger partial charge in [-0.15, -0.1) is 0 Å². The van der Waals surface area contributed by atoms with E-state index in [1.54, 1.807) is 18.2 Å². The molecule has 98 valence electrons. The number of hydrogen-bond donors (Lipinski definition) is 1. The molecule has 1 aromatic rings. The molecule has 0 radical (unpaired) electrons. The van der Waals surface area contributed by atoms with E-state index in [0.717, 1.165) is 10.9 Å². The van der Waals surface area contributed by atoms with Crippen molar-refractivity contribution in [3.8, 4) is 0 Å². The number of amides is 1. The highest BCUT2D eigenvalue weighted by Gasteiger charge is 2.31. The Morgan fingerprint density at radius 1 is 1.39 bits per heavy atom. The van der Waals surface area contributed by atoms with Gasteiger partial charge < -0.3 is 5.32 Å². The molecule has 0 spiro atoms. The predicted molar refractivity (Wildman–Crippen MR) is 78.0 cm³/mol. The van der Waals surface area contributed by atoms with Crippen LogP contribution in [0.3, 0.4) is 0 Å². The standard InChI is InChI=1S/C14H17BrClNO/c1-8-3-6-13(9(8)2)17-14(18)11-7-10(16)4-5-12(11)15/h4-5,7-9,13H,3,6H2,1-2H3,(H,17,18). The molecule has 0 heterocycles. The first-order valence-corrected chi connectivity index (χ1v) is 7.42. The maximum absolute atomic E-state index is 12.2. The van der Waals surface area contributed by atoms with E-state index in [1.807, 2.05) is 0 Å². The van der Waals surface area contributed by atoms with E-state index >= 15 is 0 Å². The smallest absolute Gasteiger partial charge is 0.252 e. The second-order valence-corrected chi connectivity index (χ2v) is 6.41. The van der Waals surface area contributed by atoms with Crippen LogP contribution in [0.5, 0.6) is 0 Å². The van der Waals surface area contributed by atoms with Gasteiger partial charge in [0.25, 0.3) is 5.91 Å². The number of carbonyl (C=O) groups is 1.